The summed E-state index contributed by atoms with van der Waals surface area (Å²) >= 11 is 0. The van der Waals surface area contributed by atoms with Crippen molar-refractivity contribution in [3.63, 3.8) is 0 Å². The summed E-state index contributed by atoms with van der Waals surface area (Å²) in [6.45, 7) is 5.46. The van der Waals surface area contributed by atoms with E-state index in [1.807, 2.05) is 60.7 Å². The maximum Gasteiger partial charge on any atom is 0.281 e. The van der Waals surface area contributed by atoms with E-state index in [9.17, 15) is 26.4 Å². The van der Waals surface area contributed by atoms with Crippen LogP contribution in [0.25, 0.3) is 0 Å². The maximum absolute atomic E-state index is 11.3. The van der Waals surface area contributed by atoms with Crippen molar-refractivity contribution in [1.29, 1.82) is 0 Å². The molecule has 0 spiro atoms. The minimum absolute atomic E-state index is 0.149. The molecule has 0 saturated carbocycles. The predicted molar refractivity (Wildman–Crippen MR) is 144 cm³/mol. The molecule has 37 heavy (non-hydrogen) atoms. The number of carbonyl (C=O) groups is 2. The Hall–Kier alpha value is -2.80. The topological polar surface area (TPSA) is 167 Å². The molecule has 0 atom stereocenters. The average Bonchev–Trinajstić information content (AvgIpc) is 2.83. The van der Waals surface area contributed by atoms with Crippen LogP contribution in [0.15, 0.2) is 60.7 Å². The van der Waals surface area contributed by atoms with E-state index >= 15 is 0 Å². The lowest BCUT2D eigenvalue weighted by molar-refractivity contribution is -0.122. The Morgan fingerprint density at radius 2 is 0.973 bits per heavy atom. The first-order chi connectivity index (χ1) is 17.4. The first kappa shape index (κ1) is 34.2. The second-order valence-electron chi connectivity index (χ2n) is 8.01. The Morgan fingerprint density at radius 1 is 0.649 bits per heavy atom. The summed E-state index contributed by atoms with van der Waals surface area (Å²) in [6.07, 6.45) is 5.37. The highest BCUT2D eigenvalue weighted by atomic mass is 32.3. The second kappa shape index (κ2) is 19.3. The van der Waals surface area contributed by atoms with E-state index in [-0.39, 0.29) is 11.8 Å². The van der Waals surface area contributed by atoms with Crippen LogP contribution in [0.5, 0.6) is 0 Å². The molecule has 2 rings (SSSR count). The molecule has 0 unspecified atom stereocenters. The van der Waals surface area contributed by atoms with Gasteiger partial charge in [-0.05, 0) is 24.0 Å². The Kier molecular flexibility index (Phi) is 17.9. The summed E-state index contributed by atoms with van der Waals surface area (Å²) in [5.41, 5.74) is 2.30. The molecule has 10 nitrogen and oxygen atoms in total. The third-order valence-corrected chi connectivity index (χ3v) is 6.86. The van der Waals surface area contributed by atoms with Gasteiger partial charge in [-0.15, -0.1) is 0 Å². The van der Waals surface area contributed by atoms with Gasteiger partial charge in [0.15, 0.2) is 0 Å². The van der Waals surface area contributed by atoms with Gasteiger partial charge in [0.2, 0.25) is 16.9 Å². The summed E-state index contributed by atoms with van der Waals surface area (Å²) < 4.78 is 54.2. The summed E-state index contributed by atoms with van der Waals surface area (Å²) in [5, 5.41) is 4.14. The molecule has 0 aliphatic carbocycles. The molecule has 0 aliphatic rings. The lowest BCUT2D eigenvalue weighted by Gasteiger charge is -2.04. The van der Waals surface area contributed by atoms with Gasteiger partial charge in [0.1, 0.15) is 0 Å². The largest absolute Gasteiger partial charge is 0.352 e. The van der Waals surface area contributed by atoms with Crippen molar-refractivity contribution < 1.29 is 35.5 Å². The molecule has 4 N–H and O–H groups in total. The van der Waals surface area contributed by atoms with Gasteiger partial charge in [0.05, 0.1) is 0 Å². The first-order valence-corrected chi connectivity index (χ1v) is 15.1. The maximum atomic E-state index is 11.3. The third-order valence-electron chi connectivity index (χ3n) is 4.48. The molecule has 208 valence electrons. The van der Waals surface area contributed by atoms with E-state index in [4.69, 9.17) is 9.11 Å². The molecule has 2 aromatic rings. The summed E-state index contributed by atoms with van der Waals surface area (Å²) in [5.74, 6) is 0.298. The first-order valence-electron chi connectivity index (χ1n) is 11.9. The fourth-order valence-corrected chi connectivity index (χ4v) is 4.14. The van der Waals surface area contributed by atoms with E-state index < -0.39 is 25.3 Å². The monoisotopic (exact) mass is 558 g/mol. The molecular weight excluding hydrogens is 520 g/mol. The summed E-state index contributed by atoms with van der Waals surface area (Å²) in [4.78, 5) is 22.5. The Bertz CT molecular complexity index is 1020. The van der Waals surface area contributed by atoms with Gasteiger partial charge in [-0.3, -0.25) is 18.7 Å². The van der Waals surface area contributed by atoms with E-state index in [1.165, 1.54) is 0 Å². The third kappa shape index (κ3) is 23.4. The number of hydrogen-bond acceptors (Lipinski definition) is 6. The van der Waals surface area contributed by atoms with Crippen LogP contribution in [0.3, 0.4) is 0 Å². The lowest BCUT2D eigenvalue weighted by atomic mass is 10.2. The van der Waals surface area contributed by atoms with E-state index in [0.29, 0.717) is 25.9 Å². The zero-order valence-corrected chi connectivity index (χ0v) is 22.9. The minimum atomic E-state index is -4.62. The summed E-state index contributed by atoms with van der Waals surface area (Å²) in [6, 6.07) is 19.9. The van der Waals surface area contributed by atoms with Crippen LogP contribution in [-0.4, -0.2) is 42.8 Å². The summed E-state index contributed by atoms with van der Waals surface area (Å²) in [7, 11) is -9.24. The van der Waals surface area contributed by atoms with Gasteiger partial charge in [-0.25, -0.2) is 0 Å². The molecular formula is C25H38N2O8S2. The molecule has 0 radical (unpaired) electrons. The van der Waals surface area contributed by atoms with Gasteiger partial charge < -0.3 is 10.6 Å². The molecule has 0 aliphatic heterocycles. The van der Waals surface area contributed by atoms with E-state index in [0.717, 1.165) is 36.8 Å². The van der Waals surface area contributed by atoms with Gasteiger partial charge in [0.25, 0.3) is 20.2 Å². The highest BCUT2D eigenvalue weighted by Crippen LogP contribution is 2.00. The Labute approximate surface area is 220 Å². The van der Waals surface area contributed by atoms with Gasteiger partial charge in [-0.2, -0.15) is 16.8 Å². The van der Waals surface area contributed by atoms with Crippen molar-refractivity contribution in [1.82, 2.24) is 10.6 Å². The molecule has 2 amide bonds. The molecule has 0 heterocycles. The van der Waals surface area contributed by atoms with E-state index in [2.05, 4.69) is 24.5 Å². The zero-order chi connectivity index (χ0) is 28.2. The van der Waals surface area contributed by atoms with Crippen molar-refractivity contribution >= 4 is 32.1 Å². The highest BCUT2D eigenvalue weighted by Gasteiger charge is 2.15. The zero-order valence-electron chi connectivity index (χ0n) is 21.3. The quantitative estimate of drug-likeness (QED) is 0.286. The minimum Gasteiger partial charge on any atom is -0.352 e. The van der Waals surface area contributed by atoms with Crippen LogP contribution < -0.4 is 10.6 Å². The van der Waals surface area contributed by atoms with Crippen molar-refractivity contribution in [3.8, 4) is 0 Å². The van der Waals surface area contributed by atoms with Crippen molar-refractivity contribution in [2.75, 3.05) is 5.08 Å². The van der Waals surface area contributed by atoms with Crippen LogP contribution in [-0.2, 0) is 42.9 Å². The second-order valence-corrected chi connectivity index (χ2v) is 11.3. The van der Waals surface area contributed by atoms with Crippen LogP contribution in [0.1, 0.15) is 63.5 Å². The van der Waals surface area contributed by atoms with Crippen molar-refractivity contribution in [2.45, 2.75) is 65.5 Å². The number of benzene rings is 2. The highest BCUT2D eigenvalue weighted by molar-refractivity contribution is 8.02. The molecule has 0 bridgehead atoms. The number of hydrogen-bond donors (Lipinski definition) is 4. The Balaban J connectivity index is 0.000000541. The van der Waals surface area contributed by atoms with Crippen LogP contribution in [0.2, 0.25) is 0 Å². The van der Waals surface area contributed by atoms with Crippen LogP contribution >= 0.6 is 0 Å². The number of carbonyl (C=O) groups excluding carboxylic acids is 2. The standard InChI is InChI=1S/2C12H17NO.CH4O6S2/c2*1-2-3-9-12(14)13-10-11-7-5-4-6-8-11;2-8(3,4)1-9(5,6)7/h2*4-8H,2-3,9-10H2,1H3,(H,13,14);1H2,(H,2,3,4)(H,5,6,7). The van der Waals surface area contributed by atoms with Gasteiger partial charge in [0, 0.05) is 25.9 Å². The fourth-order valence-electron chi connectivity index (χ4n) is 2.63. The Morgan fingerprint density at radius 3 is 1.22 bits per heavy atom. The van der Waals surface area contributed by atoms with Crippen molar-refractivity contribution in [3.05, 3.63) is 71.8 Å². The SMILES string of the molecule is CCCCC(=O)NCc1ccccc1.CCCCC(=O)NCc1ccccc1.O=S(=O)(O)CS(=O)(=O)O. The smallest absolute Gasteiger partial charge is 0.281 e. The number of rotatable bonds is 12. The van der Waals surface area contributed by atoms with Crippen LogP contribution in [0, 0.1) is 0 Å². The molecule has 0 aromatic heterocycles. The molecule has 0 fully saturated rings. The number of amides is 2. The molecule has 2 aromatic carbocycles. The number of unbranched alkanes of at least 4 members (excludes halogenated alkanes) is 2. The van der Waals surface area contributed by atoms with Gasteiger partial charge in [-0.1, -0.05) is 87.4 Å². The number of nitrogens with one attached hydrogen (secondary N) is 2. The predicted octanol–water partition coefficient (Wildman–Crippen LogP) is 3.71. The lowest BCUT2D eigenvalue weighted by Crippen LogP contribution is -2.22. The fraction of sp³-hybridized carbons (Fsp3) is 0.440. The van der Waals surface area contributed by atoms with Crippen LogP contribution in [0.4, 0.5) is 0 Å². The van der Waals surface area contributed by atoms with E-state index in [1.54, 1.807) is 0 Å². The van der Waals surface area contributed by atoms with Crippen molar-refractivity contribution in [2.24, 2.45) is 0 Å². The normalized spacial score (nSPS) is 10.7. The van der Waals surface area contributed by atoms with Gasteiger partial charge >= 0.3 is 0 Å². The average molecular weight is 559 g/mol. The molecule has 12 heteroatoms. The molecule has 0 saturated heterocycles.